The number of rotatable bonds is 8. The van der Waals surface area contributed by atoms with E-state index in [0.29, 0.717) is 24.1 Å². The Hall–Kier alpha value is -1.75. The molecule has 1 aliphatic carbocycles. The second kappa shape index (κ2) is 7.31. The van der Waals surface area contributed by atoms with Gasteiger partial charge in [-0.2, -0.15) is 0 Å². The molecule has 5 heteroatoms. The number of nitrogens with one attached hydrogen (secondary N) is 2. The molecule has 2 rings (SSSR count). The lowest BCUT2D eigenvalue weighted by Gasteiger charge is -2.12. The topological polar surface area (TPSA) is 59.6 Å². The van der Waals surface area contributed by atoms with Crippen LogP contribution in [0.4, 0.5) is 0 Å². The number of carbonyl (C=O) groups is 1. The normalized spacial score (nSPS) is 20.0. The van der Waals surface area contributed by atoms with Crippen molar-refractivity contribution in [1.82, 2.24) is 10.6 Å². The van der Waals surface area contributed by atoms with Gasteiger partial charge in [0, 0.05) is 19.1 Å². The average molecular weight is 292 g/mol. The number of methoxy groups -OCH3 is 1. The van der Waals surface area contributed by atoms with E-state index in [-0.39, 0.29) is 12.5 Å². The number of hydrogen-bond acceptors (Lipinski definition) is 4. The van der Waals surface area contributed by atoms with Crippen LogP contribution in [-0.2, 0) is 11.3 Å². The summed E-state index contributed by atoms with van der Waals surface area (Å²) in [6, 6.07) is 6.44. The van der Waals surface area contributed by atoms with Gasteiger partial charge in [-0.15, -0.1) is 0 Å². The first-order valence-corrected chi connectivity index (χ1v) is 7.43. The number of carbonyl (C=O) groups excluding carboxylic acids is 1. The Balaban J connectivity index is 1.90. The minimum atomic E-state index is -0.131. The second-order valence-electron chi connectivity index (χ2n) is 5.43. The molecule has 1 aromatic rings. The van der Waals surface area contributed by atoms with Crippen molar-refractivity contribution in [2.75, 3.05) is 20.3 Å². The molecular weight excluding hydrogens is 268 g/mol. The molecule has 0 radical (unpaired) electrons. The van der Waals surface area contributed by atoms with Gasteiger partial charge in [0.2, 0.25) is 0 Å². The maximum Gasteiger partial charge on any atom is 0.257 e. The number of amides is 1. The van der Waals surface area contributed by atoms with Gasteiger partial charge in [0.15, 0.2) is 18.1 Å². The Bertz CT molecular complexity index is 490. The van der Waals surface area contributed by atoms with Crippen LogP contribution in [-0.4, -0.2) is 32.2 Å². The molecule has 0 saturated heterocycles. The lowest BCUT2D eigenvalue weighted by molar-refractivity contribution is -0.123. The lowest BCUT2D eigenvalue weighted by Crippen LogP contribution is -2.28. The average Bonchev–Trinajstić information content (AvgIpc) is 3.19. The third-order valence-corrected chi connectivity index (χ3v) is 3.64. The molecule has 0 bridgehead atoms. The van der Waals surface area contributed by atoms with Gasteiger partial charge >= 0.3 is 0 Å². The smallest absolute Gasteiger partial charge is 0.257 e. The SMILES string of the molecule is CCNC(=O)COc1ccc(CNC2CC2C)cc1OC. The predicted molar refractivity (Wildman–Crippen MR) is 81.6 cm³/mol. The first-order valence-electron chi connectivity index (χ1n) is 7.43. The van der Waals surface area contributed by atoms with Crippen LogP contribution in [0.25, 0.3) is 0 Å². The van der Waals surface area contributed by atoms with Gasteiger partial charge in [-0.05, 0) is 37.0 Å². The van der Waals surface area contributed by atoms with Crippen molar-refractivity contribution in [3.63, 3.8) is 0 Å². The van der Waals surface area contributed by atoms with Gasteiger partial charge in [-0.1, -0.05) is 13.0 Å². The van der Waals surface area contributed by atoms with E-state index in [1.54, 1.807) is 7.11 Å². The summed E-state index contributed by atoms with van der Waals surface area (Å²) in [5, 5.41) is 6.19. The zero-order valence-corrected chi connectivity index (χ0v) is 12.9. The third-order valence-electron chi connectivity index (χ3n) is 3.64. The highest BCUT2D eigenvalue weighted by atomic mass is 16.5. The largest absolute Gasteiger partial charge is 0.493 e. The molecule has 1 fully saturated rings. The van der Waals surface area contributed by atoms with Crippen LogP contribution in [0.5, 0.6) is 11.5 Å². The van der Waals surface area contributed by atoms with Crippen LogP contribution in [0.3, 0.4) is 0 Å². The van der Waals surface area contributed by atoms with Crippen LogP contribution in [0.2, 0.25) is 0 Å². The fraction of sp³-hybridized carbons (Fsp3) is 0.562. The Labute approximate surface area is 126 Å². The van der Waals surface area contributed by atoms with Crippen molar-refractivity contribution in [2.24, 2.45) is 5.92 Å². The second-order valence-corrected chi connectivity index (χ2v) is 5.43. The molecule has 2 atom stereocenters. The van der Waals surface area contributed by atoms with Gasteiger partial charge in [0.25, 0.3) is 5.91 Å². The minimum absolute atomic E-state index is 0.00137. The molecule has 116 valence electrons. The summed E-state index contributed by atoms with van der Waals surface area (Å²) in [5.74, 6) is 1.90. The summed E-state index contributed by atoms with van der Waals surface area (Å²) in [4.78, 5) is 11.4. The molecule has 0 spiro atoms. The van der Waals surface area contributed by atoms with Gasteiger partial charge in [-0.25, -0.2) is 0 Å². The van der Waals surface area contributed by atoms with Crippen LogP contribution in [0, 0.1) is 5.92 Å². The van der Waals surface area contributed by atoms with E-state index >= 15 is 0 Å². The summed E-state index contributed by atoms with van der Waals surface area (Å²) in [5.41, 5.74) is 1.15. The molecule has 0 aliphatic heterocycles. The number of ether oxygens (including phenoxy) is 2. The first-order chi connectivity index (χ1) is 10.1. The van der Waals surface area contributed by atoms with Crippen molar-refractivity contribution in [3.05, 3.63) is 23.8 Å². The highest BCUT2D eigenvalue weighted by Gasteiger charge is 2.31. The van der Waals surface area contributed by atoms with Gasteiger partial charge in [0.05, 0.1) is 7.11 Å². The minimum Gasteiger partial charge on any atom is -0.493 e. The highest BCUT2D eigenvalue weighted by molar-refractivity contribution is 5.77. The maximum atomic E-state index is 11.4. The predicted octanol–water partition coefficient (Wildman–Crippen LogP) is 1.71. The van der Waals surface area contributed by atoms with E-state index < -0.39 is 0 Å². The van der Waals surface area contributed by atoms with Crippen molar-refractivity contribution in [1.29, 1.82) is 0 Å². The molecule has 1 amide bonds. The maximum absolute atomic E-state index is 11.4. The number of likely N-dealkylation sites (N-methyl/N-ethyl adjacent to an activating group) is 1. The van der Waals surface area contributed by atoms with Gasteiger partial charge in [0.1, 0.15) is 0 Å². The fourth-order valence-electron chi connectivity index (χ4n) is 2.19. The zero-order valence-electron chi connectivity index (χ0n) is 12.9. The fourth-order valence-corrected chi connectivity index (χ4v) is 2.19. The van der Waals surface area contributed by atoms with Gasteiger partial charge < -0.3 is 20.1 Å². The van der Waals surface area contributed by atoms with E-state index in [0.717, 1.165) is 18.0 Å². The quantitative estimate of drug-likeness (QED) is 0.766. The molecule has 1 aromatic carbocycles. The number of benzene rings is 1. The Morgan fingerprint density at radius 1 is 1.38 bits per heavy atom. The molecule has 21 heavy (non-hydrogen) atoms. The molecule has 0 aromatic heterocycles. The van der Waals surface area contributed by atoms with E-state index in [2.05, 4.69) is 17.6 Å². The van der Waals surface area contributed by atoms with E-state index in [1.165, 1.54) is 6.42 Å². The van der Waals surface area contributed by atoms with Crippen molar-refractivity contribution >= 4 is 5.91 Å². The summed E-state index contributed by atoms with van der Waals surface area (Å²) in [6.45, 7) is 5.55. The van der Waals surface area contributed by atoms with E-state index in [1.807, 2.05) is 25.1 Å². The van der Waals surface area contributed by atoms with E-state index in [4.69, 9.17) is 9.47 Å². The molecule has 5 nitrogen and oxygen atoms in total. The van der Waals surface area contributed by atoms with Crippen LogP contribution in [0.1, 0.15) is 25.8 Å². The molecule has 1 saturated carbocycles. The molecule has 2 N–H and O–H groups in total. The molecule has 1 aliphatic rings. The van der Waals surface area contributed by atoms with E-state index in [9.17, 15) is 4.79 Å². The van der Waals surface area contributed by atoms with Gasteiger partial charge in [-0.3, -0.25) is 4.79 Å². The highest BCUT2D eigenvalue weighted by Crippen LogP contribution is 2.31. The summed E-state index contributed by atoms with van der Waals surface area (Å²) < 4.78 is 10.8. The summed E-state index contributed by atoms with van der Waals surface area (Å²) in [6.07, 6.45) is 1.25. The van der Waals surface area contributed by atoms with Crippen molar-refractivity contribution in [2.45, 2.75) is 32.9 Å². The van der Waals surface area contributed by atoms with Crippen LogP contribution < -0.4 is 20.1 Å². The summed E-state index contributed by atoms with van der Waals surface area (Å²) in [7, 11) is 1.61. The monoisotopic (exact) mass is 292 g/mol. The Morgan fingerprint density at radius 3 is 2.76 bits per heavy atom. The lowest BCUT2D eigenvalue weighted by atomic mass is 10.2. The standard InChI is InChI=1S/C16H24N2O3/c1-4-17-16(19)10-21-14-6-5-12(8-15(14)20-3)9-18-13-7-11(13)2/h5-6,8,11,13,18H,4,7,9-10H2,1-3H3,(H,17,19). The van der Waals surface area contributed by atoms with Crippen molar-refractivity contribution < 1.29 is 14.3 Å². The zero-order chi connectivity index (χ0) is 15.2. The Morgan fingerprint density at radius 2 is 2.14 bits per heavy atom. The molecule has 0 heterocycles. The Kier molecular flexibility index (Phi) is 5.44. The first kappa shape index (κ1) is 15.6. The third kappa shape index (κ3) is 4.63. The molecule has 2 unspecified atom stereocenters. The van der Waals surface area contributed by atoms with Crippen molar-refractivity contribution in [3.8, 4) is 11.5 Å². The van der Waals surface area contributed by atoms with Crippen LogP contribution >= 0.6 is 0 Å². The molecular formula is C16H24N2O3. The summed E-state index contributed by atoms with van der Waals surface area (Å²) >= 11 is 0. The number of hydrogen-bond donors (Lipinski definition) is 2. The van der Waals surface area contributed by atoms with Crippen LogP contribution in [0.15, 0.2) is 18.2 Å².